The number of rotatable bonds is 3. The van der Waals surface area contributed by atoms with Crippen LogP contribution in [0.1, 0.15) is 26.7 Å². The molecule has 1 amide bonds. The Morgan fingerprint density at radius 3 is 2.77 bits per heavy atom. The molecule has 1 aliphatic heterocycles. The molecule has 2 N–H and O–H groups in total. The Labute approximate surface area is 79.0 Å². The van der Waals surface area contributed by atoms with Crippen molar-refractivity contribution in [2.75, 3.05) is 13.2 Å². The number of nitrogens with two attached hydrogens (primary N) is 1. The van der Waals surface area contributed by atoms with Gasteiger partial charge in [-0.05, 0) is 18.8 Å². The zero-order valence-electron chi connectivity index (χ0n) is 8.32. The van der Waals surface area contributed by atoms with Crippen LogP contribution in [0.3, 0.4) is 0 Å². The van der Waals surface area contributed by atoms with Crippen molar-refractivity contribution < 1.29 is 9.63 Å². The van der Waals surface area contributed by atoms with Crippen molar-refractivity contribution in [3.05, 3.63) is 0 Å². The minimum absolute atomic E-state index is 0.0776. The van der Waals surface area contributed by atoms with Crippen LogP contribution in [0.2, 0.25) is 0 Å². The smallest absolute Gasteiger partial charge is 0.263 e. The second kappa shape index (κ2) is 4.58. The highest BCUT2D eigenvalue weighted by Crippen LogP contribution is 2.10. The quantitative estimate of drug-likeness (QED) is 0.699. The largest absolute Gasteiger partial charge is 0.320 e. The van der Waals surface area contributed by atoms with Gasteiger partial charge in [0.2, 0.25) is 0 Å². The summed E-state index contributed by atoms with van der Waals surface area (Å²) in [5, 5.41) is 1.40. The van der Waals surface area contributed by atoms with Crippen LogP contribution in [0, 0.1) is 5.92 Å². The molecule has 0 radical (unpaired) electrons. The van der Waals surface area contributed by atoms with Gasteiger partial charge in [0.25, 0.3) is 5.91 Å². The molecule has 1 rings (SSSR count). The third kappa shape index (κ3) is 2.97. The number of carbonyl (C=O) groups is 1. The molecule has 0 bridgehead atoms. The minimum Gasteiger partial charge on any atom is -0.320 e. The highest BCUT2D eigenvalue weighted by Gasteiger charge is 2.25. The third-order valence-corrected chi connectivity index (χ3v) is 2.04. The molecule has 0 unspecified atom stereocenters. The topological polar surface area (TPSA) is 55.6 Å². The number of nitrogens with zero attached hydrogens (tertiary/aromatic N) is 1. The van der Waals surface area contributed by atoms with Crippen LogP contribution in [0.15, 0.2) is 0 Å². The first kappa shape index (κ1) is 10.5. The molecule has 0 saturated carbocycles. The van der Waals surface area contributed by atoms with Crippen LogP contribution in [-0.2, 0) is 9.63 Å². The standard InChI is InChI=1S/C9H18N2O2/c1-7(2)6-8(10)9(12)11-4-3-5-13-11/h7-8H,3-6,10H2,1-2H3/t8-/m1/s1. The van der Waals surface area contributed by atoms with E-state index in [1.54, 1.807) is 0 Å². The van der Waals surface area contributed by atoms with Crippen LogP contribution >= 0.6 is 0 Å². The second-order valence-electron chi connectivity index (χ2n) is 3.86. The zero-order valence-corrected chi connectivity index (χ0v) is 8.32. The van der Waals surface area contributed by atoms with E-state index in [9.17, 15) is 4.79 Å². The summed E-state index contributed by atoms with van der Waals surface area (Å²) in [6, 6.07) is -0.405. The van der Waals surface area contributed by atoms with E-state index in [4.69, 9.17) is 10.6 Å². The Kier molecular flexibility index (Phi) is 3.69. The van der Waals surface area contributed by atoms with Crippen molar-refractivity contribution in [3.63, 3.8) is 0 Å². The van der Waals surface area contributed by atoms with E-state index in [1.807, 2.05) is 0 Å². The lowest BCUT2D eigenvalue weighted by Gasteiger charge is -2.19. The summed E-state index contributed by atoms with van der Waals surface area (Å²) in [6.07, 6.45) is 1.64. The Balaban J connectivity index is 2.36. The average molecular weight is 186 g/mol. The number of hydrogen-bond donors (Lipinski definition) is 1. The summed E-state index contributed by atoms with van der Waals surface area (Å²) < 4.78 is 0. The summed E-state index contributed by atoms with van der Waals surface area (Å²) in [5.41, 5.74) is 5.73. The molecule has 13 heavy (non-hydrogen) atoms. The molecule has 76 valence electrons. The van der Waals surface area contributed by atoms with Gasteiger partial charge in [-0.2, -0.15) is 0 Å². The lowest BCUT2D eigenvalue weighted by molar-refractivity contribution is -0.170. The molecule has 4 heteroatoms. The zero-order chi connectivity index (χ0) is 9.84. The fourth-order valence-electron chi connectivity index (χ4n) is 1.41. The van der Waals surface area contributed by atoms with E-state index in [0.29, 0.717) is 19.1 Å². The first-order valence-corrected chi connectivity index (χ1v) is 4.81. The Hall–Kier alpha value is -0.610. The molecule has 1 atom stereocenters. The summed E-state index contributed by atoms with van der Waals surface area (Å²) in [4.78, 5) is 16.7. The van der Waals surface area contributed by atoms with Crippen molar-refractivity contribution in [3.8, 4) is 0 Å². The molecule has 0 aliphatic carbocycles. The molecule has 1 fully saturated rings. The molecule has 4 nitrogen and oxygen atoms in total. The van der Waals surface area contributed by atoms with Crippen LogP contribution in [0.4, 0.5) is 0 Å². The monoisotopic (exact) mass is 186 g/mol. The summed E-state index contributed by atoms with van der Waals surface area (Å²) in [5.74, 6) is 0.368. The predicted octanol–water partition coefficient (Wildman–Crippen LogP) is 0.524. The van der Waals surface area contributed by atoms with Crippen LogP contribution in [-0.4, -0.2) is 30.2 Å². The minimum atomic E-state index is -0.405. The second-order valence-corrected chi connectivity index (χ2v) is 3.86. The first-order valence-electron chi connectivity index (χ1n) is 4.81. The van der Waals surface area contributed by atoms with Crippen LogP contribution in [0.5, 0.6) is 0 Å². The van der Waals surface area contributed by atoms with Gasteiger partial charge in [0.05, 0.1) is 19.2 Å². The van der Waals surface area contributed by atoms with E-state index in [-0.39, 0.29) is 5.91 Å². The molecule has 1 saturated heterocycles. The van der Waals surface area contributed by atoms with Gasteiger partial charge in [0.15, 0.2) is 0 Å². The highest BCUT2D eigenvalue weighted by atomic mass is 16.7. The van der Waals surface area contributed by atoms with Crippen LogP contribution < -0.4 is 5.73 Å². The maximum absolute atomic E-state index is 11.6. The molecular formula is C9H18N2O2. The van der Waals surface area contributed by atoms with E-state index >= 15 is 0 Å². The fourth-order valence-corrected chi connectivity index (χ4v) is 1.41. The molecular weight excluding hydrogens is 168 g/mol. The van der Waals surface area contributed by atoms with Gasteiger partial charge < -0.3 is 5.73 Å². The summed E-state index contributed by atoms with van der Waals surface area (Å²) in [6.45, 7) is 5.43. The van der Waals surface area contributed by atoms with Crippen LogP contribution in [0.25, 0.3) is 0 Å². The van der Waals surface area contributed by atoms with Gasteiger partial charge in [0.1, 0.15) is 0 Å². The maximum atomic E-state index is 11.6. The van der Waals surface area contributed by atoms with Crippen molar-refractivity contribution in [1.29, 1.82) is 0 Å². The molecule has 0 aromatic carbocycles. The van der Waals surface area contributed by atoms with E-state index in [2.05, 4.69) is 13.8 Å². The molecule has 0 spiro atoms. The van der Waals surface area contributed by atoms with Gasteiger partial charge in [-0.25, -0.2) is 5.06 Å². The Morgan fingerprint density at radius 1 is 1.62 bits per heavy atom. The van der Waals surface area contributed by atoms with Gasteiger partial charge in [-0.3, -0.25) is 9.63 Å². The first-order chi connectivity index (χ1) is 6.11. The average Bonchev–Trinajstić information content (AvgIpc) is 2.53. The Morgan fingerprint density at radius 2 is 2.31 bits per heavy atom. The van der Waals surface area contributed by atoms with Crippen molar-refractivity contribution in [1.82, 2.24) is 5.06 Å². The van der Waals surface area contributed by atoms with E-state index in [0.717, 1.165) is 12.8 Å². The number of hydrogen-bond acceptors (Lipinski definition) is 3. The molecule has 0 aromatic heterocycles. The van der Waals surface area contributed by atoms with Crippen molar-refractivity contribution in [2.24, 2.45) is 11.7 Å². The van der Waals surface area contributed by atoms with Gasteiger partial charge in [0, 0.05) is 0 Å². The molecule has 1 aliphatic rings. The van der Waals surface area contributed by atoms with E-state index in [1.165, 1.54) is 5.06 Å². The Bertz CT molecular complexity index is 176. The fraction of sp³-hybridized carbons (Fsp3) is 0.889. The van der Waals surface area contributed by atoms with Crippen molar-refractivity contribution in [2.45, 2.75) is 32.7 Å². The third-order valence-electron chi connectivity index (χ3n) is 2.04. The van der Waals surface area contributed by atoms with Gasteiger partial charge in [-0.15, -0.1) is 0 Å². The number of amides is 1. The lowest BCUT2D eigenvalue weighted by atomic mass is 10.0. The normalized spacial score (nSPS) is 19.5. The predicted molar refractivity (Wildman–Crippen MR) is 49.7 cm³/mol. The molecule has 0 aromatic rings. The lowest BCUT2D eigenvalue weighted by Crippen LogP contribution is -2.42. The van der Waals surface area contributed by atoms with E-state index < -0.39 is 6.04 Å². The summed E-state index contributed by atoms with van der Waals surface area (Å²) in [7, 11) is 0. The SMILES string of the molecule is CC(C)C[C@@H](N)C(=O)N1CCCO1. The molecule has 1 heterocycles. The van der Waals surface area contributed by atoms with Gasteiger partial charge in [-0.1, -0.05) is 13.8 Å². The maximum Gasteiger partial charge on any atom is 0.263 e. The highest BCUT2D eigenvalue weighted by molar-refractivity contribution is 5.80. The number of hydroxylamine groups is 2. The summed E-state index contributed by atoms with van der Waals surface area (Å²) >= 11 is 0. The van der Waals surface area contributed by atoms with Gasteiger partial charge >= 0.3 is 0 Å². The number of carbonyl (C=O) groups excluding carboxylic acids is 1. The van der Waals surface area contributed by atoms with Crippen molar-refractivity contribution >= 4 is 5.91 Å².